The Morgan fingerprint density at radius 3 is 2.61 bits per heavy atom. The number of ether oxygens (including phenoxy) is 2. The number of carbonyl (C=O) groups excluding carboxylic acids is 1. The van der Waals surface area contributed by atoms with Gasteiger partial charge in [0.15, 0.2) is 0 Å². The summed E-state index contributed by atoms with van der Waals surface area (Å²) in [5.41, 5.74) is 1.32. The van der Waals surface area contributed by atoms with Crippen LogP contribution in [0, 0.1) is 0 Å². The Labute approximate surface area is 178 Å². The predicted molar refractivity (Wildman–Crippen MR) is 112 cm³/mol. The Morgan fingerprint density at radius 1 is 1.16 bits per heavy atom. The third-order valence-corrected chi connectivity index (χ3v) is 4.11. The Kier molecular flexibility index (Phi) is 6.62. The molecule has 0 atom stereocenters. The smallest absolute Gasteiger partial charge is 0.407 e. The zero-order chi connectivity index (χ0) is 22.6. The molecule has 1 amide bonds. The number of nitrogens with one attached hydrogen (secondary N) is 1. The van der Waals surface area contributed by atoms with Crippen LogP contribution >= 0.6 is 0 Å². The second-order valence-corrected chi connectivity index (χ2v) is 7.74. The summed E-state index contributed by atoms with van der Waals surface area (Å²) in [6, 6.07) is 8.12. The number of rotatable bonds is 6. The zero-order valence-corrected chi connectivity index (χ0v) is 17.8. The summed E-state index contributed by atoms with van der Waals surface area (Å²) in [7, 11) is 0. The number of halogens is 2. The van der Waals surface area contributed by atoms with Gasteiger partial charge in [-0.3, -0.25) is 4.98 Å². The molecule has 3 rings (SSSR count). The van der Waals surface area contributed by atoms with E-state index in [-0.39, 0.29) is 24.7 Å². The number of hydrogen-bond donors (Lipinski definition) is 1. The lowest BCUT2D eigenvalue weighted by molar-refractivity contribution is 0.0523. The first-order valence-electron chi connectivity index (χ1n) is 9.81. The number of nitrogens with zero attached hydrogens (tertiary/aromatic N) is 3. The van der Waals surface area contributed by atoms with Gasteiger partial charge in [-0.05, 0) is 58.0 Å². The van der Waals surface area contributed by atoms with E-state index >= 15 is 0 Å². The maximum Gasteiger partial charge on any atom is 0.407 e. The lowest BCUT2D eigenvalue weighted by atomic mass is 10.1. The molecule has 0 aliphatic heterocycles. The molecule has 7 nitrogen and oxygen atoms in total. The average molecular weight is 430 g/mol. The van der Waals surface area contributed by atoms with E-state index in [1.165, 1.54) is 12.1 Å². The molecule has 0 aromatic carbocycles. The maximum absolute atomic E-state index is 13.0. The normalized spacial score (nSPS) is 11.6. The highest BCUT2D eigenvalue weighted by Crippen LogP contribution is 2.31. The highest BCUT2D eigenvalue weighted by Gasteiger charge is 2.17. The Bertz CT molecular complexity index is 1080. The first-order valence-corrected chi connectivity index (χ1v) is 9.81. The quantitative estimate of drug-likeness (QED) is 0.589. The van der Waals surface area contributed by atoms with Gasteiger partial charge in [0.1, 0.15) is 11.3 Å². The van der Waals surface area contributed by atoms with Gasteiger partial charge >= 0.3 is 6.09 Å². The van der Waals surface area contributed by atoms with E-state index in [1.54, 1.807) is 46.0 Å². The molecular weight excluding hydrogens is 406 g/mol. The Morgan fingerprint density at radius 2 is 1.94 bits per heavy atom. The highest BCUT2D eigenvalue weighted by molar-refractivity contribution is 5.82. The van der Waals surface area contributed by atoms with Crippen LogP contribution in [-0.4, -0.2) is 33.3 Å². The molecule has 0 saturated carbocycles. The van der Waals surface area contributed by atoms with Gasteiger partial charge in [0.2, 0.25) is 5.88 Å². The molecule has 0 aliphatic rings. The van der Waals surface area contributed by atoms with Crippen LogP contribution in [-0.2, 0) is 11.3 Å². The molecule has 164 valence electrons. The van der Waals surface area contributed by atoms with Gasteiger partial charge in [-0.2, -0.15) is 0 Å². The summed E-state index contributed by atoms with van der Waals surface area (Å²) < 4.78 is 36.7. The number of pyridine rings is 3. The van der Waals surface area contributed by atoms with Gasteiger partial charge in [-0.25, -0.2) is 23.5 Å². The van der Waals surface area contributed by atoms with E-state index in [1.807, 2.05) is 6.07 Å². The number of fused-ring (bicyclic) bond motifs is 1. The molecule has 3 aromatic rings. The van der Waals surface area contributed by atoms with Crippen LogP contribution in [0.4, 0.5) is 13.6 Å². The largest absolute Gasteiger partial charge is 0.477 e. The van der Waals surface area contributed by atoms with E-state index < -0.39 is 18.1 Å². The number of amides is 1. The Hall–Kier alpha value is -3.36. The van der Waals surface area contributed by atoms with Crippen LogP contribution in [0.3, 0.4) is 0 Å². The second kappa shape index (κ2) is 9.20. The lowest BCUT2D eigenvalue weighted by Crippen LogP contribution is -2.32. The van der Waals surface area contributed by atoms with Crippen molar-refractivity contribution in [3.05, 3.63) is 47.9 Å². The summed E-state index contributed by atoms with van der Waals surface area (Å²) in [5, 5.41) is 3.45. The molecule has 0 spiro atoms. The van der Waals surface area contributed by atoms with Crippen LogP contribution in [0.1, 0.15) is 45.5 Å². The molecule has 0 fully saturated rings. The van der Waals surface area contributed by atoms with Gasteiger partial charge in [-0.15, -0.1) is 0 Å². The van der Waals surface area contributed by atoms with Crippen molar-refractivity contribution in [3.63, 3.8) is 0 Å². The topological polar surface area (TPSA) is 86.2 Å². The monoisotopic (exact) mass is 430 g/mol. The molecule has 0 radical (unpaired) electrons. The summed E-state index contributed by atoms with van der Waals surface area (Å²) in [5.74, 6) is 0.105. The molecule has 0 unspecified atom stereocenters. The third-order valence-electron chi connectivity index (χ3n) is 4.11. The Balaban J connectivity index is 1.88. The summed E-state index contributed by atoms with van der Waals surface area (Å²) in [4.78, 5) is 24.7. The van der Waals surface area contributed by atoms with Crippen LogP contribution in [0.5, 0.6) is 5.88 Å². The predicted octanol–water partition coefficient (Wildman–Crippen LogP) is 5.05. The van der Waals surface area contributed by atoms with Crippen LogP contribution in [0.15, 0.2) is 36.5 Å². The van der Waals surface area contributed by atoms with Crippen molar-refractivity contribution in [3.8, 4) is 17.1 Å². The molecule has 0 bridgehead atoms. The van der Waals surface area contributed by atoms with Gasteiger partial charge in [0.25, 0.3) is 6.43 Å². The van der Waals surface area contributed by atoms with Crippen molar-refractivity contribution in [2.24, 2.45) is 0 Å². The van der Waals surface area contributed by atoms with Gasteiger partial charge in [-0.1, -0.05) is 0 Å². The van der Waals surface area contributed by atoms with E-state index in [4.69, 9.17) is 9.47 Å². The van der Waals surface area contributed by atoms with Gasteiger partial charge in [0, 0.05) is 11.6 Å². The first kappa shape index (κ1) is 22.3. The minimum absolute atomic E-state index is 0.105. The van der Waals surface area contributed by atoms with Crippen LogP contribution < -0.4 is 10.1 Å². The molecule has 1 N–H and O–H groups in total. The molecule has 0 saturated heterocycles. The van der Waals surface area contributed by atoms with Crippen molar-refractivity contribution in [1.82, 2.24) is 20.3 Å². The van der Waals surface area contributed by atoms with E-state index in [0.717, 1.165) is 5.39 Å². The molecule has 3 aromatic heterocycles. The maximum atomic E-state index is 13.0. The fraction of sp³-hybridized carbons (Fsp3) is 0.364. The van der Waals surface area contributed by atoms with Gasteiger partial charge < -0.3 is 14.8 Å². The number of alkyl halides is 2. The summed E-state index contributed by atoms with van der Waals surface area (Å²) in [6.45, 7) is 7.56. The van der Waals surface area contributed by atoms with Crippen molar-refractivity contribution >= 4 is 17.0 Å². The molecule has 3 heterocycles. The minimum Gasteiger partial charge on any atom is -0.477 e. The number of carbonyl (C=O) groups is 1. The third kappa shape index (κ3) is 5.84. The van der Waals surface area contributed by atoms with E-state index in [9.17, 15) is 13.6 Å². The SMILES string of the molecule is CCOc1nc(C(F)F)ccc1-c1ccc2cnc(CNC(=O)OC(C)(C)C)cc2n1. The number of alkyl carbamates (subject to hydrolysis) is 1. The van der Waals surface area contributed by atoms with E-state index in [0.29, 0.717) is 22.5 Å². The fourth-order valence-corrected chi connectivity index (χ4v) is 2.80. The van der Waals surface area contributed by atoms with Crippen molar-refractivity contribution < 1.29 is 23.0 Å². The number of hydrogen-bond acceptors (Lipinski definition) is 6. The zero-order valence-electron chi connectivity index (χ0n) is 17.8. The van der Waals surface area contributed by atoms with Crippen molar-refractivity contribution in [2.45, 2.75) is 46.3 Å². The standard InChI is InChI=1S/C22H24F2N4O3/c1-5-30-20-15(7-9-17(28-20)19(23)24)16-8-6-13-11-25-14(10-18(13)27-16)12-26-21(29)31-22(2,3)4/h6-11,19H,5,12H2,1-4H3,(H,26,29). The highest BCUT2D eigenvalue weighted by atomic mass is 19.3. The lowest BCUT2D eigenvalue weighted by Gasteiger charge is -2.19. The van der Waals surface area contributed by atoms with Crippen LogP contribution in [0.2, 0.25) is 0 Å². The molecule has 9 heteroatoms. The van der Waals surface area contributed by atoms with Crippen molar-refractivity contribution in [2.75, 3.05) is 6.61 Å². The molecular formula is C22H24F2N4O3. The molecule has 0 aliphatic carbocycles. The second-order valence-electron chi connectivity index (χ2n) is 7.74. The van der Waals surface area contributed by atoms with Crippen LogP contribution in [0.25, 0.3) is 22.2 Å². The van der Waals surface area contributed by atoms with Crippen molar-refractivity contribution in [1.29, 1.82) is 0 Å². The van der Waals surface area contributed by atoms with E-state index in [2.05, 4.69) is 20.3 Å². The first-order chi connectivity index (χ1) is 14.7. The fourth-order valence-electron chi connectivity index (χ4n) is 2.80. The summed E-state index contributed by atoms with van der Waals surface area (Å²) >= 11 is 0. The molecule has 31 heavy (non-hydrogen) atoms. The summed E-state index contributed by atoms with van der Waals surface area (Å²) in [6.07, 6.45) is -1.58. The average Bonchev–Trinajstić information content (AvgIpc) is 2.70. The number of aromatic nitrogens is 3. The van der Waals surface area contributed by atoms with Gasteiger partial charge in [0.05, 0.1) is 35.6 Å². The minimum atomic E-state index is -2.69.